The van der Waals surface area contributed by atoms with Crippen LogP contribution in [0.1, 0.15) is 45.9 Å². The third-order valence-corrected chi connectivity index (χ3v) is 11.5. The summed E-state index contributed by atoms with van der Waals surface area (Å²) < 4.78 is 40.5. The first-order chi connectivity index (χ1) is 13.5. The van der Waals surface area contributed by atoms with Crippen LogP contribution in [0, 0.1) is 0 Å². The van der Waals surface area contributed by atoms with E-state index in [-0.39, 0.29) is 9.93 Å². The molecule has 0 aliphatic carbocycles. The van der Waals surface area contributed by atoms with Crippen molar-refractivity contribution in [2.24, 2.45) is 0 Å². The molecular formula is C22H33NO4SSi. The Hall–Kier alpha value is -1.67. The van der Waals surface area contributed by atoms with Crippen LogP contribution in [0.25, 0.3) is 0 Å². The van der Waals surface area contributed by atoms with E-state index in [0.29, 0.717) is 18.8 Å². The number of furan rings is 1. The van der Waals surface area contributed by atoms with Crippen LogP contribution in [0.2, 0.25) is 18.1 Å². The molecule has 1 aromatic carbocycles. The minimum Gasteiger partial charge on any atom is -0.467 e. The highest BCUT2D eigenvalue weighted by Crippen LogP contribution is 2.37. The van der Waals surface area contributed by atoms with E-state index in [4.69, 9.17) is 8.84 Å². The van der Waals surface area contributed by atoms with Gasteiger partial charge in [-0.05, 0) is 61.3 Å². The lowest BCUT2D eigenvalue weighted by Crippen LogP contribution is -2.41. The van der Waals surface area contributed by atoms with Crippen LogP contribution >= 0.6 is 0 Å². The van der Waals surface area contributed by atoms with Gasteiger partial charge >= 0.3 is 0 Å². The molecule has 1 atom stereocenters. The third-order valence-electron chi connectivity index (χ3n) is 5.56. The highest BCUT2D eigenvalue weighted by Gasteiger charge is 2.37. The average molecular weight is 436 g/mol. The van der Waals surface area contributed by atoms with Crippen LogP contribution in [0.3, 0.4) is 0 Å². The summed E-state index contributed by atoms with van der Waals surface area (Å²) in [6, 6.07) is 11.3. The van der Waals surface area contributed by atoms with E-state index in [0.717, 1.165) is 5.57 Å². The number of hydrogen-bond acceptors (Lipinski definition) is 4. The van der Waals surface area contributed by atoms with Gasteiger partial charge in [-0.25, -0.2) is 8.42 Å². The largest absolute Gasteiger partial charge is 0.467 e. The van der Waals surface area contributed by atoms with Gasteiger partial charge in [-0.3, -0.25) is 0 Å². The van der Waals surface area contributed by atoms with Crippen molar-refractivity contribution in [1.29, 1.82) is 0 Å². The monoisotopic (exact) mass is 435 g/mol. The highest BCUT2D eigenvalue weighted by atomic mass is 32.2. The lowest BCUT2D eigenvalue weighted by Gasteiger charge is -2.36. The van der Waals surface area contributed by atoms with E-state index < -0.39 is 24.4 Å². The normalized spacial score (nSPS) is 14.8. The maximum atomic E-state index is 12.9. The number of hydrogen-bond donors (Lipinski definition) is 1. The number of allylic oxidation sites excluding steroid dienone is 1. The molecule has 0 saturated heterocycles. The molecule has 0 aliphatic rings. The zero-order valence-corrected chi connectivity index (χ0v) is 20.0. The zero-order chi connectivity index (χ0) is 21.7. The molecule has 5 nitrogen and oxygen atoms in total. The first-order valence-corrected chi connectivity index (χ1v) is 14.3. The Morgan fingerprint density at radius 2 is 1.83 bits per heavy atom. The van der Waals surface area contributed by atoms with E-state index in [9.17, 15) is 8.42 Å². The Bertz CT molecular complexity index is 898. The lowest BCUT2D eigenvalue weighted by atomic mass is 10.0. The summed E-state index contributed by atoms with van der Waals surface area (Å²) in [6.45, 7) is 13.5. The van der Waals surface area contributed by atoms with Gasteiger partial charge in [0.1, 0.15) is 11.8 Å². The summed E-state index contributed by atoms with van der Waals surface area (Å²) in [6.07, 6.45) is 4.11. The van der Waals surface area contributed by atoms with Gasteiger partial charge in [0.2, 0.25) is 10.0 Å². The maximum Gasteiger partial charge on any atom is 0.241 e. The molecule has 1 heterocycles. The van der Waals surface area contributed by atoms with Crippen molar-refractivity contribution in [2.45, 2.75) is 63.2 Å². The van der Waals surface area contributed by atoms with Crippen LogP contribution in [-0.4, -0.2) is 23.3 Å². The van der Waals surface area contributed by atoms with Crippen molar-refractivity contribution < 1.29 is 17.3 Å². The van der Waals surface area contributed by atoms with Crippen molar-refractivity contribution in [3.63, 3.8) is 0 Å². The van der Waals surface area contributed by atoms with Gasteiger partial charge in [0, 0.05) is 6.61 Å². The van der Waals surface area contributed by atoms with Crippen LogP contribution in [0.4, 0.5) is 0 Å². The van der Waals surface area contributed by atoms with Gasteiger partial charge in [0.15, 0.2) is 8.32 Å². The van der Waals surface area contributed by atoms with Gasteiger partial charge in [-0.15, -0.1) is 0 Å². The first kappa shape index (κ1) is 23.6. The van der Waals surface area contributed by atoms with Crippen molar-refractivity contribution in [3.05, 3.63) is 66.1 Å². The zero-order valence-electron chi connectivity index (χ0n) is 18.2. The van der Waals surface area contributed by atoms with Gasteiger partial charge in [-0.1, -0.05) is 45.0 Å². The van der Waals surface area contributed by atoms with Gasteiger partial charge in [0.05, 0.1) is 11.2 Å². The molecular weight excluding hydrogens is 402 g/mol. The van der Waals surface area contributed by atoms with Crippen LogP contribution in [0.5, 0.6) is 0 Å². The third kappa shape index (κ3) is 6.15. The van der Waals surface area contributed by atoms with Crippen molar-refractivity contribution in [2.75, 3.05) is 6.61 Å². The summed E-state index contributed by atoms with van der Waals surface area (Å²) in [4.78, 5) is 0.226. The Labute approximate surface area is 176 Å². The number of benzene rings is 1. The van der Waals surface area contributed by atoms with Crippen LogP contribution in [0.15, 0.2) is 69.7 Å². The van der Waals surface area contributed by atoms with Crippen molar-refractivity contribution in [3.8, 4) is 0 Å². The molecule has 0 bridgehead atoms. The topological polar surface area (TPSA) is 68.5 Å². The summed E-state index contributed by atoms with van der Waals surface area (Å²) in [7, 11) is -5.57. The molecule has 0 spiro atoms. The average Bonchev–Trinajstić information content (AvgIpc) is 3.18. The predicted octanol–water partition coefficient (Wildman–Crippen LogP) is 5.66. The minimum atomic E-state index is -3.70. The summed E-state index contributed by atoms with van der Waals surface area (Å²) in [5.74, 6) is 0.560. The molecule has 160 valence electrons. The SMILES string of the molecule is C/C=C(\CCO[Si](C)(C)C(C)(C)C)[C@H](NS(=O)(=O)c1ccccc1)c1ccco1. The fourth-order valence-corrected chi connectivity index (χ4v) is 4.97. The Morgan fingerprint density at radius 3 is 2.34 bits per heavy atom. The van der Waals surface area contributed by atoms with E-state index in [1.54, 1.807) is 48.7 Å². The van der Waals surface area contributed by atoms with E-state index in [1.807, 2.05) is 13.0 Å². The molecule has 7 heteroatoms. The predicted molar refractivity (Wildman–Crippen MR) is 120 cm³/mol. The molecule has 0 saturated carbocycles. The quantitative estimate of drug-likeness (QED) is 0.408. The molecule has 0 aliphatic heterocycles. The van der Waals surface area contributed by atoms with E-state index in [2.05, 4.69) is 38.6 Å². The first-order valence-electron chi connectivity index (χ1n) is 9.88. The smallest absolute Gasteiger partial charge is 0.241 e. The highest BCUT2D eigenvalue weighted by molar-refractivity contribution is 7.89. The summed E-state index contributed by atoms with van der Waals surface area (Å²) in [5.41, 5.74) is 0.915. The second-order valence-corrected chi connectivity index (χ2v) is 15.1. The standard InChI is InChI=1S/C22H33NO4SSi/c1-7-18(15-17-27-29(5,6)22(2,3)4)21(20-14-11-16-26-20)23-28(24,25)19-12-9-8-10-13-19/h7-14,16,21,23H,15,17H2,1-6H3/b18-7+/t21-/m0/s1. The molecule has 1 aromatic heterocycles. The fourth-order valence-electron chi connectivity index (χ4n) is 2.69. The van der Waals surface area contributed by atoms with Gasteiger partial charge in [-0.2, -0.15) is 4.72 Å². The number of rotatable bonds is 9. The molecule has 0 unspecified atom stereocenters. The molecule has 0 radical (unpaired) electrons. The lowest BCUT2D eigenvalue weighted by molar-refractivity contribution is 0.287. The fraction of sp³-hybridized carbons (Fsp3) is 0.455. The van der Waals surface area contributed by atoms with Crippen molar-refractivity contribution >= 4 is 18.3 Å². The van der Waals surface area contributed by atoms with Crippen LogP contribution < -0.4 is 4.72 Å². The Kier molecular flexibility index (Phi) is 7.67. The van der Waals surface area contributed by atoms with Crippen LogP contribution in [-0.2, 0) is 14.4 Å². The summed E-state index contributed by atoms with van der Waals surface area (Å²) >= 11 is 0. The second kappa shape index (κ2) is 9.43. The van der Waals surface area contributed by atoms with Crippen molar-refractivity contribution in [1.82, 2.24) is 4.72 Å². The molecule has 2 rings (SSSR count). The molecule has 1 N–H and O–H groups in total. The number of nitrogens with one attached hydrogen (secondary N) is 1. The van der Waals surface area contributed by atoms with Gasteiger partial charge < -0.3 is 8.84 Å². The van der Waals surface area contributed by atoms with Gasteiger partial charge in [0.25, 0.3) is 0 Å². The second-order valence-electron chi connectivity index (χ2n) is 8.61. The number of sulfonamides is 1. The minimum absolute atomic E-state index is 0.123. The molecule has 0 amide bonds. The molecule has 0 fully saturated rings. The molecule has 29 heavy (non-hydrogen) atoms. The molecule has 2 aromatic rings. The summed E-state index contributed by atoms with van der Waals surface area (Å²) in [5, 5.41) is 0.123. The van der Waals surface area contributed by atoms with E-state index >= 15 is 0 Å². The Morgan fingerprint density at radius 1 is 1.17 bits per heavy atom. The maximum absolute atomic E-state index is 12.9. The van der Waals surface area contributed by atoms with E-state index in [1.165, 1.54) is 0 Å². The Balaban J connectivity index is 2.21.